The molecule has 2 aromatic carbocycles. The maximum atomic E-state index is 6.27. The molecule has 1 aliphatic carbocycles. The minimum Gasteiger partial charge on any atom is -0.497 e. The molecular formula is C28H34ClNO2. The van der Waals surface area contributed by atoms with Crippen LogP contribution in [-0.2, 0) is 0 Å². The van der Waals surface area contributed by atoms with E-state index >= 15 is 0 Å². The van der Waals surface area contributed by atoms with Crippen LogP contribution in [0.3, 0.4) is 0 Å². The van der Waals surface area contributed by atoms with Crippen molar-refractivity contribution >= 4 is 22.6 Å². The predicted molar refractivity (Wildman–Crippen MR) is 133 cm³/mol. The van der Waals surface area contributed by atoms with Gasteiger partial charge in [-0.05, 0) is 55.3 Å². The van der Waals surface area contributed by atoms with Crippen LogP contribution in [0, 0.1) is 0 Å². The second-order valence-electron chi connectivity index (χ2n) is 8.91. The second-order valence-corrected chi connectivity index (χ2v) is 9.34. The number of benzene rings is 2. The first kappa shape index (κ1) is 22.9. The third-order valence-corrected chi connectivity index (χ3v) is 6.73. The van der Waals surface area contributed by atoms with Gasteiger partial charge in [-0.3, -0.25) is 4.99 Å². The van der Waals surface area contributed by atoms with Crippen LogP contribution in [0.25, 0.3) is 22.3 Å². The van der Waals surface area contributed by atoms with Gasteiger partial charge in [0.1, 0.15) is 17.1 Å². The Morgan fingerprint density at radius 1 is 0.812 bits per heavy atom. The average molecular weight is 452 g/mol. The summed E-state index contributed by atoms with van der Waals surface area (Å²) in [5.41, 5.74) is 1.83. The van der Waals surface area contributed by atoms with Gasteiger partial charge in [0.2, 0.25) is 0 Å². The minimum atomic E-state index is 0.351. The molecule has 3 aromatic rings. The fourth-order valence-corrected chi connectivity index (χ4v) is 4.73. The molecule has 0 amide bonds. The predicted octanol–water partition coefficient (Wildman–Crippen LogP) is 8.34. The Bertz CT molecular complexity index is 1060. The Kier molecular flexibility index (Phi) is 8.28. The van der Waals surface area contributed by atoms with Crippen molar-refractivity contribution < 1.29 is 9.15 Å². The Labute approximate surface area is 196 Å². The Morgan fingerprint density at radius 3 is 2.06 bits per heavy atom. The minimum absolute atomic E-state index is 0.351. The third kappa shape index (κ3) is 6.16. The van der Waals surface area contributed by atoms with Crippen LogP contribution in [0.15, 0.2) is 57.9 Å². The van der Waals surface area contributed by atoms with Gasteiger partial charge < -0.3 is 9.15 Å². The van der Waals surface area contributed by atoms with E-state index in [9.17, 15) is 0 Å². The first-order chi connectivity index (χ1) is 15.7. The average Bonchev–Trinajstić information content (AvgIpc) is 2.81. The maximum Gasteiger partial charge on any atom is 0.137 e. The van der Waals surface area contributed by atoms with E-state index in [0.29, 0.717) is 6.04 Å². The molecule has 1 aromatic heterocycles. The highest BCUT2D eigenvalue weighted by molar-refractivity contribution is 6.30. The van der Waals surface area contributed by atoms with E-state index in [4.69, 9.17) is 25.7 Å². The summed E-state index contributed by atoms with van der Waals surface area (Å²) in [6.45, 7) is 0. The van der Waals surface area contributed by atoms with Gasteiger partial charge in [0, 0.05) is 22.0 Å². The Morgan fingerprint density at radius 2 is 1.44 bits per heavy atom. The highest BCUT2D eigenvalue weighted by Gasteiger charge is 2.12. The Balaban J connectivity index is 1.74. The lowest BCUT2D eigenvalue weighted by Gasteiger charge is -2.15. The molecule has 32 heavy (non-hydrogen) atoms. The monoisotopic (exact) mass is 451 g/mol. The summed E-state index contributed by atoms with van der Waals surface area (Å²) in [7, 11) is 1.70. The van der Waals surface area contributed by atoms with E-state index < -0.39 is 0 Å². The molecule has 0 atom stereocenters. The van der Waals surface area contributed by atoms with E-state index in [1.807, 2.05) is 42.5 Å². The molecule has 0 bridgehead atoms. The molecule has 1 aliphatic rings. The van der Waals surface area contributed by atoms with Crippen molar-refractivity contribution in [3.63, 3.8) is 0 Å². The molecule has 0 spiro atoms. The molecular weight excluding hydrogens is 418 g/mol. The van der Waals surface area contributed by atoms with Crippen molar-refractivity contribution in [3.05, 3.63) is 58.9 Å². The van der Waals surface area contributed by atoms with Crippen molar-refractivity contribution in [1.82, 2.24) is 0 Å². The quantitative estimate of drug-likeness (QED) is 0.401. The van der Waals surface area contributed by atoms with Crippen LogP contribution in [0.1, 0.15) is 70.6 Å². The molecule has 1 fully saturated rings. The van der Waals surface area contributed by atoms with Crippen LogP contribution in [0.5, 0.6) is 5.75 Å². The highest BCUT2D eigenvalue weighted by atomic mass is 35.5. The third-order valence-electron chi connectivity index (χ3n) is 6.48. The zero-order valence-corrected chi connectivity index (χ0v) is 19.9. The standard InChI is InChI=1S/C28H34ClNO2/c1-31-24-17-18-27-25(19-24)26(20-28(32-27)21-13-15-22(29)16-14-21)30-23-11-9-7-5-3-2-4-6-8-10-12-23/h13-20,23H,2-12H2,1H3. The molecule has 0 aliphatic heterocycles. The number of halogens is 1. The number of rotatable bonds is 3. The van der Waals surface area contributed by atoms with Crippen molar-refractivity contribution in [2.24, 2.45) is 4.99 Å². The van der Waals surface area contributed by atoms with Crippen LogP contribution in [-0.4, -0.2) is 13.2 Å². The molecule has 0 N–H and O–H groups in total. The number of methoxy groups -OCH3 is 1. The van der Waals surface area contributed by atoms with E-state index in [1.165, 1.54) is 57.8 Å². The van der Waals surface area contributed by atoms with Crippen LogP contribution >= 0.6 is 11.6 Å². The van der Waals surface area contributed by atoms with Gasteiger partial charge in [-0.2, -0.15) is 0 Å². The SMILES string of the molecule is COc1ccc2oc(-c3ccc(Cl)cc3)cc(=NC3CCCCCCCCCCC3)c2c1. The summed E-state index contributed by atoms with van der Waals surface area (Å²) < 4.78 is 11.8. The van der Waals surface area contributed by atoms with E-state index in [1.54, 1.807) is 7.11 Å². The van der Waals surface area contributed by atoms with E-state index in [-0.39, 0.29) is 0 Å². The number of nitrogens with zero attached hydrogens (tertiary/aromatic N) is 1. The summed E-state index contributed by atoms with van der Waals surface area (Å²) in [5.74, 6) is 1.63. The number of fused-ring (bicyclic) bond motifs is 1. The van der Waals surface area contributed by atoms with Crippen LogP contribution < -0.4 is 10.1 Å². The molecule has 4 rings (SSSR count). The van der Waals surface area contributed by atoms with Gasteiger partial charge in [-0.1, -0.05) is 69.4 Å². The fourth-order valence-electron chi connectivity index (χ4n) is 4.61. The van der Waals surface area contributed by atoms with Crippen molar-refractivity contribution in [2.45, 2.75) is 76.7 Å². The van der Waals surface area contributed by atoms with Crippen molar-refractivity contribution in [3.8, 4) is 17.1 Å². The zero-order valence-electron chi connectivity index (χ0n) is 19.1. The number of hydrogen-bond donors (Lipinski definition) is 0. The fraction of sp³-hybridized carbons (Fsp3) is 0.464. The number of hydrogen-bond acceptors (Lipinski definition) is 3. The lowest BCUT2D eigenvalue weighted by atomic mass is 9.98. The topological polar surface area (TPSA) is 34.7 Å². The zero-order chi connectivity index (χ0) is 22.2. The van der Waals surface area contributed by atoms with E-state index in [2.05, 4.69) is 6.07 Å². The molecule has 1 heterocycles. The smallest absolute Gasteiger partial charge is 0.137 e. The van der Waals surface area contributed by atoms with Gasteiger partial charge in [0.25, 0.3) is 0 Å². The van der Waals surface area contributed by atoms with Gasteiger partial charge in [-0.25, -0.2) is 0 Å². The molecule has 1 saturated carbocycles. The maximum absolute atomic E-state index is 6.27. The second kappa shape index (κ2) is 11.6. The van der Waals surface area contributed by atoms with Gasteiger partial charge in [-0.15, -0.1) is 0 Å². The molecule has 3 nitrogen and oxygen atoms in total. The molecule has 0 radical (unpaired) electrons. The van der Waals surface area contributed by atoms with Gasteiger partial charge in [0.15, 0.2) is 0 Å². The van der Waals surface area contributed by atoms with E-state index in [0.717, 1.165) is 51.3 Å². The lowest BCUT2D eigenvalue weighted by Crippen LogP contribution is -2.13. The summed E-state index contributed by atoms with van der Waals surface area (Å²) in [6.07, 6.45) is 14.4. The first-order valence-corrected chi connectivity index (χ1v) is 12.5. The first-order valence-electron chi connectivity index (χ1n) is 12.1. The van der Waals surface area contributed by atoms with Crippen LogP contribution in [0.4, 0.5) is 0 Å². The molecule has 4 heteroatoms. The summed E-state index contributed by atoms with van der Waals surface area (Å²) in [6, 6.07) is 16.2. The molecule has 170 valence electrons. The highest BCUT2D eigenvalue weighted by Crippen LogP contribution is 2.26. The van der Waals surface area contributed by atoms with Crippen molar-refractivity contribution in [2.75, 3.05) is 7.11 Å². The summed E-state index contributed by atoms with van der Waals surface area (Å²) >= 11 is 6.10. The van der Waals surface area contributed by atoms with Crippen molar-refractivity contribution in [1.29, 1.82) is 0 Å². The van der Waals surface area contributed by atoms with Crippen LogP contribution in [0.2, 0.25) is 5.02 Å². The van der Waals surface area contributed by atoms with Gasteiger partial charge >= 0.3 is 0 Å². The summed E-state index contributed by atoms with van der Waals surface area (Å²) in [5, 5.41) is 2.72. The lowest BCUT2D eigenvalue weighted by molar-refractivity contribution is 0.415. The largest absolute Gasteiger partial charge is 0.497 e. The number of ether oxygens (including phenoxy) is 1. The molecule has 0 unspecified atom stereocenters. The Hall–Kier alpha value is -2.26. The molecule has 0 saturated heterocycles. The van der Waals surface area contributed by atoms with Gasteiger partial charge in [0.05, 0.1) is 18.5 Å². The summed E-state index contributed by atoms with van der Waals surface area (Å²) in [4.78, 5) is 5.31. The normalized spacial score (nSPS) is 17.6.